The highest BCUT2D eigenvalue weighted by molar-refractivity contribution is 5.96. The van der Waals surface area contributed by atoms with Gasteiger partial charge in [0.25, 0.3) is 17.8 Å². The summed E-state index contributed by atoms with van der Waals surface area (Å²) in [5.74, 6) is -2.62. The van der Waals surface area contributed by atoms with Crippen molar-refractivity contribution in [1.29, 1.82) is 0 Å². The van der Waals surface area contributed by atoms with Crippen molar-refractivity contribution < 1.29 is 34.1 Å². The number of aromatic amines is 1. The van der Waals surface area contributed by atoms with Crippen molar-refractivity contribution in [2.24, 2.45) is 0 Å². The first kappa shape index (κ1) is 25.8. The molecule has 3 aromatic heterocycles. The fourth-order valence-corrected chi connectivity index (χ4v) is 2.51. The molecule has 12 nitrogen and oxygen atoms in total. The number of hydrogen-bond acceptors (Lipinski definition) is 7. The molecule has 4 N–H and O–H groups in total. The molecular weight excluding hydrogens is 422 g/mol. The number of fused-ring (bicyclic) bond motifs is 1. The van der Waals surface area contributed by atoms with E-state index in [0.29, 0.717) is 11.3 Å². The highest BCUT2D eigenvalue weighted by Gasteiger charge is 2.25. The molecule has 0 aliphatic carbocycles. The SMILES string of the molecule is CC(=O)O.CC(=O)O.COC(=O)[C@H](Cc1cnc[nH]1)NC(=O)c1nc2ccccn2c1C. The van der Waals surface area contributed by atoms with Crippen molar-refractivity contribution in [3.05, 3.63) is 54.0 Å². The average Bonchev–Trinajstić information content (AvgIpc) is 3.34. The number of ether oxygens (including phenoxy) is 1. The number of rotatable bonds is 5. The molecule has 0 aliphatic rings. The van der Waals surface area contributed by atoms with Crippen molar-refractivity contribution >= 4 is 29.5 Å². The third kappa shape index (κ3) is 8.26. The highest BCUT2D eigenvalue weighted by Crippen LogP contribution is 2.12. The molecule has 3 rings (SSSR count). The van der Waals surface area contributed by atoms with Crippen molar-refractivity contribution in [1.82, 2.24) is 24.7 Å². The van der Waals surface area contributed by atoms with Crippen molar-refractivity contribution in [3.63, 3.8) is 0 Å². The number of carboxylic acid groups (broad SMARTS) is 2. The highest BCUT2D eigenvalue weighted by atomic mass is 16.5. The molecule has 3 aromatic rings. The first-order valence-electron chi connectivity index (χ1n) is 9.25. The molecule has 3 heterocycles. The maximum Gasteiger partial charge on any atom is 0.328 e. The fourth-order valence-electron chi connectivity index (χ4n) is 2.51. The summed E-state index contributed by atoms with van der Waals surface area (Å²) in [6.07, 6.45) is 5.19. The van der Waals surface area contributed by atoms with Crippen LogP contribution in [0.2, 0.25) is 0 Å². The smallest absolute Gasteiger partial charge is 0.328 e. The maximum atomic E-state index is 12.6. The van der Waals surface area contributed by atoms with Crippen LogP contribution in [0, 0.1) is 6.92 Å². The van der Waals surface area contributed by atoms with Crippen LogP contribution in [0.25, 0.3) is 5.65 Å². The summed E-state index contributed by atoms with van der Waals surface area (Å²) in [4.78, 5) is 53.7. The summed E-state index contributed by atoms with van der Waals surface area (Å²) in [6, 6.07) is 4.69. The zero-order chi connectivity index (χ0) is 24.3. The molecule has 0 unspecified atom stereocenters. The van der Waals surface area contributed by atoms with E-state index in [1.807, 2.05) is 28.8 Å². The minimum Gasteiger partial charge on any atom is -0.481 e. The van der Waals surface area contributed by atoms with Crippen LogP contribution in [0.5, 0.6) is 0 Å². The summed E-state index contributed by atoms with van der Waals surface area (Å²) in [5, 5.41) is 17.5. The molecule has 0 saturated carbocycles. The van der Waals surface area contributed by atoms with Crippen LogP contribution in [-0.4, -0.2) is 66.5 Å². The van der Waals surface area contributed by atoms with Gasteiger partial charge in [0, 0.05) is 38.4 Å². The van der Waals surface area contributed by atoms with Crippen LogP contribution in [0.15, 0.2) is 36.9 Å². The molecule has 0 aliphatic heterocycles. The number of aryl methyl sites for hydroxylation is 1. The molecule has 1 amide bonds. The molecule has 12 heteroatoms. The molecule has 0 bridgehead atoms. The molecule has 0 saturated heterocycles. The van der Waals surface area contributed by atoms with Gasteiger partial charge >= 0.3 is 5.97 Å². The minimum absolute atomic E-state index is 0.255. The van der Waals surface area contributed by atoms with Crippen LogP contribution in [0.1, 0.15) is 35.7 Å². The second-order valence-electron chi connectivity index (χ2n) is 6.34. The van der Waals surface area contributed by atoms with E-state index >= 15 is 0 Å². The van der Waals surface area contributed by atoms with Gasteiger partial charge in [-0.2, -0.15) is 0 Å². The lowest BCUT2D eigenvalue weighted by atomic mass is 10.1. The van der Waals surface area contributed by atoms with Gasteiger partial charge in [-0.25, -0.2) is 14.8 Å². The number of amides is 1. The lowest BCUT2D eigenvalue weighted by molar-refractivity contribution is -0.143. The van der Waals surface area contributed by atoms with E-state index < -0.39 is 29.9 Å². The Bertz CT molecular complexity index is 1040. The Hall–Kier alpha value is -4.22. The zero-order valence-electron chi connectivity index (χ0n) is 18.0. The van der Waals surface area contributed by atoms with Gasteiger partial charge in [-0.05, 0) is 19.1 Å². The predicted molar refractivity (Wildman–Crippen MR) is 112 cm³/mol. The van der Waals surface area contributed by atoms with Crippen LogP contribution in [0.3, 0.4) is 0 Å². The molecule has 0 aromatic carbocycles. The van der Waals surface area contributed by atoms with Gasteiger partial charge in [-0.3, -0.25) is 14.4 Å². The lowest BCUT2D eigenvalue weighted by Gasteiger charge is -2.15. The monoisotopic (exact) mass is 447 g/mol. The van der Waals surface area contributed by atoms with E-state index in [2.05, 4.69) is 20.3 Å². The normalized spacial score (nSPS) is 10.6. The van der Waals surface area contributed by atoms with Crippen molar-refractivity contribution in [2.75, 3.05) is 7.11 Å². The number of carboxylic acids is 2. The molecule has 172 valence electrons. The van der Waals surface area contributed by atoms with Crippen LogP contribution in [-0.2, 0) is 25.5 Å². The predicted octanol–water partition coefficient (Wildman–Crippen LogP) is 1.06. The number of pyridine rings is 1. The number of H-pyrrole nitrogens is 1. The molecule has 32 heavy (non-hydrogen) atoms. The van der Waals surface area contributed by atoms with Gasteiger partial charge in [0.05, 0.1) is 19.1 Å². The van der Waals surface area contributed by atoms with E-state index in [-0.39, 0.29) is 12.1 Å². The lowest BCUT2D eigenvalue weighted by Crippen LogP contribution is -2.43. The number of carbonyl (C=O) groups excluding carboxylic acids is 2. The van der Waals surface area contributed by atoms with Crippen LogP contribution < -0.4 is 5.32 Å². The number of hydrogen-bond donors (Lipinski definition) is 4. The molecular formula is C20H25N5O7. The van der Waals surface area contributed by atoms with Crippen molar-refractivity contribution in [2.45, 2.75) is 33.2 Å². The van der Waals surface area contributed by atoms with Crippen molar-refractivity contribution in [3.8, 4) is 0 Å². The number of esters is 1. The minimum atomic E-state index is -0.833. The largest absolute Gasteiger partial charge is 0.481 e. The average molecular weight is 447 g/mol. The number of carbonyl (C=O) groups is 4. The van der Waals surface area contributed by atoms with E-state index in [4.69, 9.17) is 24.5 Å². The first-order valence-corrected chi connectivity index (χ1v) is 9.25. The zero-order valence-corrected chi connectivity index (χ0v) is 18.0. The summed E-state index contributed by atoms with van der Waals surface area (Å²) in [5.41, 5.74) is 2.37. The Kier molecular flexibility index (Phi) is 10.1. The van der Waals surface area contributed by atoms with E-state index in [1.54, 1.807) is 13.1 Å². The molecule has 1 atom stereocenters. The van der Waals surface area contributed by atoms with Gasteiger partial charge in [0.2, 0.25) is 0 Å². The van der Waals surface area contributed by atoms with E-state index in [9.17, 15) is 9.59 Å². The standard InChI is InChI=1S/C16H17N5O3.2C2H4O2/c1-10-14(20-13-5-3-4-6-21(10)13)15(22)19-12(16(23)24-2)7-11-8-17-9-18-11;2*1-2(3)4/h3-6,8-9,12H,7H2,1-2H3,(H,17,18)(H,19,22);2*1H3,(H,3,4)/t12-;;/m0../s1. The number of nitrogens with one attached hydrogen (secondary N) is 2. The van der Waals surface area contributed by atoms with Gasteiger partial charge < -0.3 is 29.7 Å². The fraction of sp³-hybridized carbons (Fsp3) is 0.300. The Labute approximate surface area is 183 Å². The summed E-state index contributed by atoms with van der Waals surface area (Å²) >= 11 is 0. The van der Waals surface area contributed by atoms with Crippen LogP contribution >= 0.6 is 0 Å². The molecule has 0 fully saturated rings. The number of aromatic nitrogens is 4. The Morgan fingerprint density at radius 1 is 1.19 bits per heavy atom. The Balaban J connectivity index is 0.000000554. The van der Waals surface area contributed by atoms with Gasteiger partial charge in [0.1, 0.15) is 17.4 Å². The van der Waals surface area contributed by atoms with Gasteiger partial charge in [-0.1, -0.05) is 6.07 Å². The second kappa shape index (κ2) is 12.5. The van der Waals surface area contributed by atoms with Crippen LogP contribution in [0.4, 0.5) is 0 Å². The van der Waals surface area contributed by atoms with Gasteiger partial charge in [-0.15, -0.1) is 0 Å². The van der Waals surface area contributed by atoms with E-state index in [0.717, 1.165) is 19.5 Å². The number of nitrogens with zero attached hydrogens (tertiary/aromatic N) is 3. The molecule has 0 radical (unpaired) electrons. The topological polar surface area (TPSA) is 176 Å². The molecule has 0 spiro atoms. The number of imidazole rings is 2. The summed E-state index contributed by atoms with van der Waals surface area (Å²) in [7, 11) is 1.28. The summed E-state index contributed by atoms with van der Waals surface area (Å²) < 4.78 is 6.59. The second-order valence-corrected chi connectivity index (χ2v) is 6.34. The summed E-state index contributed by atoms with van der Waals surface area (Å²) in [6.45, 7) is 3.97. The Morgan fingerprint density at radius 2 is 1.81 bits per heavy atom. The first-order chi connectivity index (χ1) is 15.1. The Morgan fingerprint density at radius 3 is 2.31 bits per heavy atom. The third-order valence-electron chi connectivity index (χ3n) is 3.75. The quantitative estimate of drug-likeness (QED) is 0.417. The third-order valence-corrected chi connectivity index (χ3v) is 3.75. The number of methoxy groups -OCH3 is 1. The van der Waals surface area contributed by atoms with Gasteiger partial charge in [0.15, 0.2) is 0 Å². The van der Waals surface area contributed by atoms with E-state index in [1.165, 1.54) is 13.4 Å². The maximum absolute atomic E-state index is 12.6. The number of aliphatic carboxylic acids is 2.